The quantitative estimate of drug-likeness (QED) is 0.773. The Morgan fingerprint density at radius 2 is 2.22 bits per heavy atom. The van der Waals surface area contributed by atoms with Gasteiger partial charge in [-0.1, -0.05) is 17.3 Å². The Bertz CT molecular complexity index is 679. The average Bonchev–Trinajstić information content (AvgIpc) is 3.32. The molecule has 1 aromatic carbocycles. The molecule has 2 fully saturated rings. The number of benzene rings is 1. The van der Waals surface area contributed by atoms with Gasteiger partial charge in [0.05, 0.1) is 6.17 Å². The number of piperazine rings is 1. The Balaban J connectivity index is 1.43. The van der Waals surface area contributed by atoms with Gasteiger partial charge >= 0.3 is 0 Å². The predicted molar refractivity (Wildman–Crippen MR) is 83.2 cm³/mol. The molecule has 1 saturated carbocycles. The van der Waals surface area contributed by atoms with Gasteiger partial charge < -0.3 is 9.84 Å². The van der Waals surface area contributed by atoms with Gasteiger partial charge in [0.25, 0.3) is 0 Å². The van der Waals surface area contributed by atoms with Gasteiger partial charge in [0.15, 0.2) is 0 Å². The molecule has 1 aliphatic heterocycles. The van der Waals surface area contributed by atoms with E-state index in [9.17, 15) is 4.39 Å². The van der Waals surface area contributed by atoms with Crippen LogP contribution in [0.1, 0.15) is 30.2 Å². The smallest absolute Gasteiger partial charge is 0.230 e. The van der Waals surface area contributed by atoms with Crippen LogP contribution < -0.4 is 16.0 Å². The van der Waals surface area contributed by atoms with E-state index < -0.39 is 0 Å². The molecule has 2 aromatic rings. The SMILES string of the molecule is Fc1cc(-c2noc(C3CC3)n2)ccc1CNC1CNCCN1. The fourth-order valence-electron chi connectivity index (χ4n) is 2.71. The second kappa shape index (κ2) is 6.35. The van der Waals surface area contributed by atoms with Gasteiger partial charge in [0, 0.05) is 43.2 Å². The van der Waals surface area contributed by atoms with Gasteiger partial charge in [0.1, 0.15) is 5.82 Å². The van der Waals surface area contributed by atoms with Crippen molar-refractivity contribution in [1.29, 1.82) is 0 Å². The Morgan fingerprint density at radius 3 is 2.96 bits per heavy atom. The minimum Gasteiger partial charge on any atom is -0.339 e. The summed E-state index contributed by atoms with van der Waals surface area (Å²) in [5.41, 5.74) is 1.28. The molecule has 4 rings (SSSR count). The van der Waals surface area contributed by atoms with Crippen LogP contribution in [0.3, 0.4) is 0 Å². The fraction of sp³-hybridized carbons (Fsp3) is 0.500. The van der Waals surface area contributed by atoms with E-state index in [0.717, 1.165) is 32.5 Å². The van der Waals surface area contributed by atoms with Crippen molar-refractivity contribution in [3.63, 3.8) is 0 Å². The lowest BCUT2D eigenvalue weighted by atomic mass is 10.1. The van der Waals surface area contributed by atoms with Crippen molar-refractivity contribution in [2.45, 2.75) is 31.5 Å². The van der Waals surface area contributed by atoms with E-state index in [1.54, 1.807) is 6.07 Å². The summed E-state index contributed by atoms with van der Waals surface area (Å²) in [5.74, 6) is 1.28. The summed E-state index contributed by atoms with van der Waals surface area (Å²) in [7, 11) is 0. The summed E-state index contributed by atoms with van der Waals surface area (Å²) in [6.07, 6.45) is 2.37. The van der Waals surface area contributed by atoms with E-state index in [-0.39, 0.29) is 12.0 Å². The number of nitrogens with zero attached hydrogens (tertiary/aromatic N) is 2. The largest absolute Gasteiger partial charge is 0.339 e. The summed E-state index contributed by atoms with van der Waals surface area (Å²) >= 11 is 0. The molecule has 0 radical (unpaired) electrons. The highest BCUT2D eigenvalue weighted by atomic mass is 19.1. The number of rotatable bonds is 5. The molecular formula is C16H20FN5O. The number of nitrogens with one attached hydrogen (secondary N) is 3. The maximum atomic E-state index is 14.3. The first kappa shape index (κ1) is 14.7. The van der Waals surface area contributed by atoms with Crippen molar-refractivity contribution >= 4 is 0 Å². The lowest BCUT2D eigenvalue weighted by Crippen LogP contribution is -2.55. The zero-order valence-corrected chi connectivity index (χ0v) is 12.8. The van der Waals surface area contributed by atoms with Gasteiger partial charge in [-0.05, 0) is 18.9 Å². The molecule has 1 aromatic heterocycles. The van der Waals surface area contributed by atoms with Crippen LogP contribution in [-0.2, 0) is 6.54 Å². The Hall–Kier alpha value is -1.83. The molecule has 7 heteroatoms. The number of aromatic nitrogens is 2. The molecule has 3 N–H and O–H groups in total. The Labute approximate surface area is 133 Å². The van der Waals surface area contributed by atoms with Crippen molar-refractivity contribution in [1.82, 2.24) is 26.1 Å². The van der Waals surface area contributed by atoms with E-state index in [0.29, 0.717) is 35.3 Å². The number of halogens is 1. The first-order chi connectivity index (χ1) is 11.3. The third-order valence-electron chi connectivity index (χ3n) is 4.26. The Kier molecular flexibility index (Phi) is 4.07. The van der Waals surface area contributed by atoms with Gasteiger partial charge in [-0.15, -0.1) is 0 Å². The molecule has 0 bridgehead atoms. The van der Waals surface area contributed by atoms with E-state index in [1.165, 1.54) is 6.07 Å². The van der Waals surface area contributed by atoms with Gasteiger partial charge in [-0.25, -0.2) is 4.39 Å². The molecule has 1 saturated heterocycles. The van der Waals surface area contributed by atoms with Crippen LogP contribution in [0.4, 0.5) is 4.39 Å². The van der Waals surface area contributed by atoms with Crippen LogP contribution in [-0.4, -0.2) is 35.9 Å². The second-order valence-corrected chi connectivity index (χ2v) is 6.13. The highest BCUT2D eigenvalue weighted by Crippen LogP contribution is 2.39. The van der Waals surface area contributed by atoms with E-state index in [4.69, 9.17) is 4.52 Å². The molecule has 6 nitrogen and oxygen atoms in total. The fourth-order valence-corrected chi connectivity index (χ4v) is 2.71. The summed E-state index contributed by atoms with van der Waals surface area (Å²) in [6.45, 7) is 3.20. The molecule has 2 aliphatic rings. The monoisotopic (exact) mass is 317 g/mol. The first-order valence-corrected chi connectivity index (χ1v) is 8.09. The molecule has 2 heterocycles. The first-order valence-electron chi connectivity index (χ1n) is 8.09. The molecule has 1 unspecified atom stereocenters. The lowest BCUT2D eigenvalue weighted by Gasteiger charge is -2.25. The van der Waals surface area contributed by atoms with Gasteiger partial charge in [-0.2, -0.15) is 4.98 Å². The Morgan fingerprint density at radius 1 is 1.30 bits per heavy atom. The van der Waals surface area contributed by atoms with Crippen molar-refractivity contribution < 1.29 is 8.91 Å². The van der Waals surface area contributed by atoms with Crippen LogP contribution >= 0.6 is 0 Å². The topological polar surface area (TPSA) is 75.0 Å². The lowest BCUT2D eigenvalue weighted by molar-refractivity contribution is 0.357. The molecular weight excluding hydrogens is 297 g/mol. The van der Waals surface area contributed by atoms with Crippen LogP contribution in [0.15, 0.2) is 22.7 Å². The minimum atomic E-state index is -0.253. The van der Waals surface area contributed by atoms with Crippen molar-refractivity contribution in [2.24, 2.45) is 0 Å². The standard InChI is InChI=1S/C16H20FN5O/c17-13-7-11(15-21-16(23-22-15)10-1-2-10)3-4-12(13)8-20-14-9-18-5-6-19-14/h3-4,7,10,14,18-20H,1-2,5-6,8-9H2. The van der Waals surface area contributed by atoms with Crippen molar-refractivity contribution in [3.8, 4) is 11.4 Å². The predicted octanol–water partition coefficient (Wildman–Crippen LogP) is 1.36. The second-order valence-electron chi connectivity index (χ2n) is 6.13. The highest BCUT2D eigenvalue weighted by molar-refractivity contribution is 5.55. The normalized spacial score (nSPS) is 21.5. The summed E-state index contributed by atoms with van der Waals surface area (Å²) in [6, 6.07) is 5.10. The maximum Gasteiger partial charge on any atom is 0.230 e. The molecule has 0 amide bonds. The molecule has 122 valence electrons. The van der Waals surface area contributed by atoms with Crippen LogP contribution in [0.25, 0.3) is 11.4 Å². The van der Waals surface area contributed by atoms with Gasteiger partial charge in [0.2, 0.25) is 11.7 Å². The van der Waals surface area contributed by atoms with E-state index in [1.807, 2.05) is 6.07 Å². The molecule has 23 heavy (non-hydrogen) atoms. The minimum absolute atomic E-state index is 0.168. The van der Waals surface area contributed by atoms with Crippen LogP contribution in [0.5, 0.6) is 0 Å². The number of hydrogen-bond acceptors (Lipinski definition) is 6. The van der Waals surface area contributed by atoms with Gasteiger partial charge in [-0.3, -0.25) is 10.6 Å². The average molecular weight is 317 g/mol. The zero-order valence-electron chi connectivity index (χ0n) is 12.8. The van der Waals surface area contributed by atoms with Crippen molar-refractivity contribution in [3.05, 3.63) is 35.5 Å². The third kappa shape index (κ3) is 3.41. The number of hydrogen-bond donors (Lipinski definition) is 3. The maximum absolute atomic E-state index is 14.3. The summed E-state index contributed by atoms with van der Waals surface area (Å²) in [5, 5.41) is 13.9. The van der Waals surface area contributed by atoms with E-state index in [2.05, 4.69) is 26.1 Å². The highest BCUT2D eigenvalue weighted by Gasteiger charge is 2.29. The molecule has 1 aliphatic carbocycles. The molecule has 0 spiro atoms. The zero-order chi connectivity index (χ0) is 15.6. The van der Waals surface area contributed by atoms with E-state index >= 15 is 0 Å². The third-order valence-corrected chi connectivity index (χ3v) is 4.26. The molecule has 1 atom stereocenters. The van der Waals surface area contributed by atoms with Crippen LogP contribution in [0, 0.1) is 5.82 Å². The van der Waals surface area contributed by atoms with Crippen molar-refractivity contribution in [2.75, 3.05) is 19.6 Å². The summed E-state index contributed by atoms with van der Waals surface area (Å²) in [4.78, 5) is 4.35. The van der Waals surface area contributed by atoms with Crippen LogP contribution in [0.2, 0.25) is 0 Å². The summed E-state index contributed by atoms with van der Waals surface area (Å²) < 4.78 is 19.5.